The van der Waals surface area contributed by atoms with Crippen LogP contribution in [-0.4, -0.2) is 33.7 Å². The molecule has 1 fully saturated rings. The molecule has 4 amide bonds. The fourth-order valence-corrected chi connectivity index (χ4v) is 3.47. The molecule has 9 heteroatoms. The lowest BCUT2D eigenvalue weighted by atomic mass is 9.95. The van der Waals surface area contributed by atoms with Gasteiger partial charge in [-0.05, 0) is 44.0 Å². The SMILES string of the molecule is CC(C)n1nccc1[C@@H]1NC(=O)CC[C@H]1NC(=O)NCc1cccc(C(N)=O)c1. The predicted octanol–water partition coefficient (Wildman–Crippen LogP) is 1.38. The van der Waals surface area contributed by atoms with E-state index in [1.165, 1.54) is 0 Å². The predicted molar refractivity (Wildman–Crippen MR) is 107 cm³/mol. The summed E-state index contributed by atoms with van der Waals surface area (Å²) in [5, 5.41) is 13.0. The van der Waals surface area contributed by atoms with Gasteiger partial charge in [0.15, 0.2) is 0 Å². The molecule has 2 atom stereocenters. The third-order valence-electron chi connectivity index (χ3n) is 4.89. The number of carbonyl (C=O) groups excluding carboxylic acids is 3. The van der Waals surface area contributed by atoms with Crippen LogP contribution in [0.25, 0.3) is 0 Å². The van der Waals surface area contributed by atoms with Crippen molar-refractivity contribution in [1.29, 1.82) is 0 Å². The summed E-state index contributed by atoms with van der Waals surface area (Å²) in [6.45, 7) is 4.27. The molecule has 0 aliphatic carbocycles. The topological polar surface area (TPSA) is 131 Å². The van der Waals surface area contributed by atoms with Gasteiger partial charge < -0.3 is 21.7 Å². The van der Waals surface area contributed by atoms with E-state index in [0.717, 1.165) is 11.3 Å². The number of hydrogen-bond donors (Lipinski definition) is 4. The van der Waals surface area contributed by atoms with Crippen LogP contribution in [0.5, 0.6) is 0 Å². The zero-order chi connectivity index (χ0) is 21.0. The van der Waals surface area contributed by atoms with Crippen molar-refractivity contribution < 1.29 is 14.4 Å². The van der Waals surface area contributed by atoms with Crippen LogP contribution in [0.2, 0.25) is 0 Å². The van der Waals surface area contributed by atoms with Gasteiger partial charge in [-0.2, -0.15) is 5.10 Å². The number of nitrogens with two attached hydrogens (primary N) is 1. The summed E-state index contributed by atoms with van der Waals surface area (Å²) in [5.41, 5.74) is 7.30. The molecule has 1 aliphatic rings. The fraction of sp³-hybridized carbons (Fsp3) is 0.400. The molecule has 9 nitrogen and oxygen atoms in total. The van der Waals surface area contributed by atoms with Crippen LogP contribution >= 0.6 is 0 Å². The van der Waals surface area contributed by atoms with Crippen LogP contribution in [0.3, 0.4) is 0 Å². The second-order valence-corrected chi connectivity index (χ2v) is 7.38. The Morgan fingerprint density at radius 1 is 1.34 bits per heavy atom. The number of carbonyl (C=O) groups is 3. The summed E-state index contributed by atoms with van der Waals surface area (Å²) in [4.78, 5) is 35.7. The summed E-state index contributed by atoms with van der Waals surface area (Å²) in [5.74, 6) is -0.563. The van der Waals surface area contributed by atoms with Crippen molar-refractivity contribution in [3.63, 3.8) is 0 Å². The highest BCUT2D eigenvalue weighted by atomic mass is 16.2. The average molecular weight is 398 g/mol. The Hall–Kier alpha value is -3.36. The molecule has 2 aromatic rings. The summed E-state index contributed by atoms with van der Waals surface area (Å²) < 4.78 is 1.85. The quantitative estimate of drug-likeness (QED) is 0.585. The Kier molecular flexibility index (Phi) is 6.16. The number of benzene rings is 1. The first-order valence-corrected chi connectivity index (χ1v) is 9.61. The van der Waals surface area contributed by atoms with E-state index in [-0.39, 0.29) is 36.6 Å². The number of hydrogen-bond acceptors (Lipinski definition) is 4. The minimum Gasteiger partial charge on any atom is -0.366 e. The van der Waals surface area contributed by atoms with Gasteiger partial charge in [-0.25, -0.2) is 4.79 Å². The molecule has 0 radical (unpaired) electrons. The average Bonchev–Trinajstić information content (AvgIpc) is 3.18. The Morgan fingerprint density at radius 3 is 2.86 bits per heavy atom. The van der Waals surface area contributed by atoms with Gasteiger partial charge in [-0.3, -0.25) is 14.3 Å². The van der Waals surface area contributed by atoms with E-state index < -0.39 is 5.91 Å². The smallest absolute Gasteiger partial charge is 0.315 e. The van der Waals surface area contributed by atoms with Crippen molar-refractivity contribution in [3.05, 3.63) is 53.3 Å². The normalized spacial score (nSPS) is 18.9. The van der Waals surface area contributed by atoms with Gasteiger partial charge in [-0.15, -0.1) is 0 Å². The molecule has 1 saturated heterocycles. The van der Waals surface area contributed by atoms with E-state index in [9.17, 15) is 14.4 Å². The van der Waals surface area contributed by atoms with Crippen LogP contribution in [0.15, 0.2) is 36.5 Å². The van der Waals surface area contributed by atoms with Gasteiger partial charge in [-0.1, -0.05) is 12.1 Å². The number of piperidine rings is 1. The largest absolute Gasteiger partial charge is 0.366 e. The molecule has 0 bridgehead atoms. The lowest BCUT2D eigenvalue weighted by Crippen LogP contribution is -2.52. The highest BCUT2D eigenvalue weighted by Crippen LogP contribution is 2.25. The van der Waals surface area contributed by atoms with Crippen LogP contribution in [-0.2, 0) is 11.3 Å². The summed E-state index contributed by atoms with van der Waals surface area (Å²) in [6, 6.07) is 7.81. The number of nitrogens with zero attached hydrogens (tertiary/aromatic N) is 2. The van der Waals surface area contributed by atoms with Gasteiger partial charge in [0, 0.05) is 30.8 Å². The van der Waals surface area contributed by atoms with E-state index in [2.05, 4.69) is 21.0 Å². The first-order valence-electron chi connectivity index (χ1n) is 9.61. The molecular formula is C20H26N6O3. The van der Waals surface area contributed by atoms with E-state index in [4.69, 9.17) is 5.73 Å². The Balaban J connectivity index is 1.66. The third kappa shape index (κ3) is 4.92. The van der Waals surface area contributed by atoms with Crippen molar-refractivity contribution in [2.75, 3.05) is 0 Å². The number of urea groups is 1. The number of nitrogens with one attached hydrogen (secondary N) is 3. The molecule has 0 spiro atoms. The summed E-state index contributed by atoms with van der Waals surface area (Å²) >= 11 is 0. The van der Waals surface area contributed by atoms with Crippen LogP contribution < -0.4 is 21.7 Å². The third-order valence-corrected chi connectivity index (χ3v) is 4.89. The zero-order valence-corrected chi connectivity index (χ0v) is 16.5. The van der Waals surface area contributed by atoms with Gasteiger partial charge in [0.1, 0.15) is 0 Å². The van der Waals surface area contributed by atoms with E-state index >= 15 is 0 Å². The lowest BCUT2D eigenvalue weighted by Gasteiger charge is -2.33. The minimum atomic E-state index is -0.515. The summed E-state index contributed by atoms with van der Waals surface area (Å²) in [6.07, 6.45) is 2.57. The molecule has 2 heterocycles. The van der Waals surface area contributed by atoms with E-state index in [0.29, 0.717) is 18.4 Å². The second kappa shape index (κ2) is 8.76. The Bertz CT molecular complexity index is 907. The molecule has 5 N–H and O–H groups in total. The molecule has 1 aliphatic heterocycles. The first kappa shape index (κ1) is 20.4. The standard InChI is InChI=1S/C20H26N6O3/c1-12(2)26-16(8-9-23-26)18-15(6-7-17(27)25-18)24-20(29)22-11-13-4-3-5-14(10-13)19(21)28/h3-5,8-10,12,15,18H,6-7,11H2,1-2H3,(H2,21,28)(H,25,27)(H2,22,24,29)/t15-,18-/m1/s1. The first-order chi connectivity index (χ1) is 13.8. The molecule has 0 unspecified atom stereocenters. The molecule has 3 rings (SSSR count). The van der Waals surface area contributed by atoms with E-state index in [1.54, 1.807) is 30.5 Å². The van der Waals surface area contributed by atoms with Crippen LogP contribution in [0.4, 0.5) is 4.79 Å². The molecular weight excluding hydrogens is 372 g/mol. The van der Waals surface area contributed by atoms with Crippen LogP contribution in [0.1, 0.15) is 60.4 Å². The number of amides is 4. The fourth-order valence-electron chi connectivity index (χ4n) is 3.47. The second-order valence-electron chi connectivity index (χ2n) is 7.38. The van der Waals surface area contributed by atoms with Crippen molar-refractivity contribution in [2.24, 2.45) is 5.73 Å². The Morgan fingerprint density at radius 2 is 2.14 bits per heavy atom. The maximum absolute atomic E-state index is 12.5. The Labute approximate surface area is 169 Å². The minimum absolute atomic E-state index is 0.0479. The van der Waals surface area contributed by atoms with Gasteiger partial charge >= 0.3 is 6.03 Å². The molecule has 0 saturated carbocycles. The number of aromatic nitrogens is 2. The summed E-state index contributed by atoms with van der Waals surface area (Å²) in [7, 11) is 0. The molecule has 1 aromatic carbocycles. The van der Waals surface area contributed by atoms with Crippen molar-refractivity contribution in [3.8, 4) is 0 Å². The maximum atomic E-state index is 12.5. The van der Waals surface area contributed by atoms with E-state index in [1.807, 2.05) is 24.6 Å². The van der Waals surface area contributed by atoms with Gasteiger partial charge in [0.05, 0.1) is 17.8 Å². The molecule has 29 heavy (non-hydrogen) atoms. The molecule has 1 aromatic heterocycles. The number of rotatable bonds is 6. The lowest BCUT2D eigenvalue weighted by molar-refractivity contribution is -0.123. The van der Waals surface area contributed by atoms with Crippen molar-refractivity contribution in [2.45, 2.75) is 51.4 Å². The zero-order valence-electron chi connectivity index (χ0n) is 16.5. The van der Waals surface area contributed by atoms with Gasteiger partial charge in [0.25, 0.3) is 0 Å². The van der Waals surface area contributed by atoms with Crippen LogP contribution in [0, 0.1) is 0 Å². The van der Waals surface area contributed by atoms with Crippen molar-refractivity contribution >= 4 is 17.8 Å². The highest BCUT2D eigenvalue weighted by molar-refractivity contribution is 5.92. The monoisotopic (exact) mass is 398 g/mol. The highest BCUT2D eigenvalue weighted by Gasteiger charge is 2.33. The van der Waals surface area contributed by atoms with Gasteiger partial charge in [0.2, 0.25) is 11.8 Å². The van der Waals surface area contributed by atoms with Crippen molar-refractivity contribution in [1.82, 2.24) is 25.7 Å². The number of primary amides is 1. The molecule has 154 valence electrons. The maximum Gasteiger partial charge on any atom is 0.315 e.